The van der Waals surface area contributed by atoms with Gasteiger partial charge in [-0.15, -0.1) is 11.3 Å². The minimum absolute atomic E-state index is 0.0460. The van der Waals surface area contributed by atoms with E-state index in [2.05, 4.69) is 25.7 Å². The summed E-state index contributed by atoms with van der Waals surface area (Å²) >= 11 is 1.60. The maximum absolute atomic E-state index is 14.0. The number of benzene rings is 1. The summed E-state index contributed by atoms with van der Waals surface area (Å²) in [5.74, 6) is 0.183. The third kappa shape index (κ3) is 7.30. The Labute approximate surface area is 274 Å². The Morgan fingerprint density at radius 2 is 1.89 bits per heavy atom. The standard InChI is InChI=1S/C34H46N6O5S/c1-20(2)31(29-14-30(38-45-29)44-27-17-39(18-27)15-23-9-11-35-12-10-23)34(43)40-16-26(41)13-28(40)33(42)37-21(3)24-5-7-25(8-6-24)32-22(4)36-19-46-32/h5-8,14,19-21,23,26-28,31,35,41H,9-13,15-18H2,1-4H3,(H,37,42)/t21-,26+,28-,31-/m0/s1. The Bertz CT molecular complexity index is 1480. The second-order valence-electron chi connectivity index (χ2n) is 13.5. The second-order valence-corrected chi connectivity index (χ2v) is 14.3. The second kappa shape index (κ2) is 14.2. The van der Waals surface area contributed by atoms with Gasteiger partial charge in [-0.3, -0.25) is 14.5 Å². The number of ether oxygens (including phenoxy) is 1. The van der Waals surface area contributed by atoms with Crippen molar-refractivity contribution in [3.8, 4) is 16.3 Å². The van der Waals surface area contributed by atoms with Crippen molar-refractivity contribution < 1.29 is 24.0 Å². The van der Waals surface area contributed by atoms with Crippen LogP contribution < -0.4 is 15.4 Å². The van der Waals surface area contributed by atoms with E-state index in [-0.39, 0.29) is 42.8 Å². The molecule has 0 bridgehead atoms. The van der Waals surface area contributed by atoms with Crippen molar-refractivity contribution >= 4 is 23.2 Å². The average molecular weight is 651 g/mol. The number of rotatable bonds is 11. The molecule has 0 aliphatic carbocycles. The number of aryl methyl sites for hydroxylation is 1. The molecule has 3 N–H and O–H groups in total. The number of thiazole rings is 1. The number of hydrogen-bond donors (Lipinski definition) is 3. The Hall–Kier alpha value is -3.32. The van der Waals surface area contributed by atoms with Crippen LogP contribution in [0.15, 0.2) is 40.4 Å². The highest BCUT2D eigenvalue weighted by Gasteiger charge is 2.43. The molecular formula is C34H46N6O5S. The lowest BCUT2D eigenvalue weighted by Gasteiger charge is -2.41. The number of aliphatic hydroxyl groups is 1. The highest BCUT2D eigenvalue weighted by Crippen LogP contribution is 2.34. The van der Waals surface area contributed by atoms with Gasteiger partial charge in [-0.2, -0.15) is 0 Å². The molecule has 46 heavy (non-hydrogen) atoms. The van der Waals surface area contributed by atoms with E-state index in [0.717, 1.165) is 60.3 Å². The number of amides is 2. The summed E-state index contributed by atoms with van der Waals surface area (Å²) in [6.07, 6.45) is 1.88. The number of likely N-dealkylation sites (tertiary alicyclic amines) is 2. The zero-order valence-electron chi connectivity index (χ0n) is 27.1. The number of nitrogens with zero attached hydrogens (tertiary/aromatic N) is 4. The van der Waals surface area contributed by atoms with Crippen molar-refractivity contribution in [1.82, 2.24) is 30.6 Å². The molecule has 0 spiro atoms. The van der Waals surface area contributed by atoms with Crippen LogP contribution in [-0.2, 0) is 9.59 Å². The van der Waals surface area contributed by atoms with Gasteiger partial charge in [-0.1, -0.05) is 38.1 Å². The van der Waals surface area contributed by atoms with Gasteiger partial charge in [0.05, 0.1) is 28.2 Å². The van der Waals surface area contributed by atoms with Gasteiger partial charge in [0, 0.05) is 38.7 Å². The zero-order valence-corrected chi connectivity index (χ0v) is 28.0. The number of hydrogen-bond acceptors (Lipinski definition) is 10. The van der Waals surface area contributed by atoms with Gasteiger partial charge in [0.25, 0.3) is 5.88 Å². The third-order valence-corrected chi connectivity index (χ3v) is 10.6. The molecule has 3 fully saturated rings. The van der Waals surface area contributed by atoms with Crippen molar-refractivity contribution in [3.05, 3.63) is 52.9 Å². The maximum Gasteiger partial charge on any atom is 0.254 e. The van der Waals surface area contributed by atoms with Gasteiger partial charge >= 0.3 is 0 Å². The molecular weight excluding hydrogens is 604 g/mol. The summed E-state index contributed by atoms with van der Waals surface area (Å²) in [5.41, 5.74) is 4.86. The van der Waals surface area contributed by atoms with Crippen LogP contribution in [0.5, 0.6) is 5.88 Å². The predicted molar refractivity (Wildman–Crippen MR) is 176 cm³/mol. The van der Waals surface area contributed by atoms with Crippen molar-refractivity contribution in [1.29, 1.82) is 0 Å². The zero-order chi connectivity index (χ0) is 32.4. The van der Waals surface area contributed by atoms with E-state index in [1.165, 1.54) is 17.7 Å². The molecule has 6 rings (SSSR count). The summed E-state index contributed by atoms with van der Waals surface area (Å²) in [7, 11) is 0. The van der Waals surface area contributed by atoms with Gasteiger partial charge in [0.15, 0.2) is 5.76 Å². The van der Waals surface area contributed by atoms with Crippen LogP contribution in [0.2, 0.25) is 0 Å². The van der Waals surface area contributed by atoms with Crippen LogP contribution in [0.1, 0.15) is 69.0 Å². The fourth-order valence-electron chi connectivity index (χ4n) is 6.94. The topological polar surface area (TPSA) is 133 Å². The first-order chi connectivity index (χ1) is 22.2. The van der Waals surface area contributed by atoms with E-state index in [1.807, 2.05) is 57.5 Å². The average Bonchev–Trinajstić information content (AvgIpc) is 3.76. The molecule has 2 aromatic heterocycles. The lowest BCUT2D eigenvalue weighted by atomic mass is 9.91. The Morgan fingerprint density at radius 3 is 2.57 bits per heavy atom. The number of nitrogens with one attached hydrogen (secondary N) is 2. The molecule has 3 aliphatic rings. The van der Waals surface area contributed by atoms with E-state index >= 15 is 0 Å². The van der Waals surface area contributed by atoms with E-state index < -0.39 is 18.1 Å². The number of carbonyl (C=O) groups is 2. The quantitative estimate of drug-likeness (QED) is 0.284. The monoisotopic (exact) mass is 650 g/mol. The van der Waals surface area contributed by atoms with Gasteiger partial charge < -0.3 is 29.9 Å². The van der Waals surface area contributed by atoms with Gasteiger partial charge in [-0.25, -0.2) is 4.98 Å². The Balaban J connectivity index is 1.06. The van der Waals surface area contributed by atoms with Crippen LogP contribution in [0.25, 0.3) is 10.4 Å². The van der Waals surface area contributed by atoms with E-state index in [1.54, 1.807) is 17.4 Å². The van der Waals surface area contributed by atoms with Crippen molar-refractivity contribution in [2.45, 2.75) is 77.2 Å². The molecule has 11 nitrogen and oxygen atoms in total. The maximum atomic E-state index is 14.0. The lowest BCUT2D eigenvalue weighted by Crippen LogP contribution is -2.55. The van der Waals surface area contributed by atoms with Gasteiger partial charge in [0.2, 0.25) is 11.8 Å². The van der Waals surface area contributed by atoms with Crippen LogP contribution >= 0.6 is 11.3 Å². The fourth-order valence-corrected chi connectivity index (χ4v) is 7.75. The molecule has 0 saturated carbocycles. The smallest absolute Gasteiger partial charge is 0.254 e. The molecule has 5 heterocycles. The Kier molecular flexibility index (Phi) is 10.1. The molecule has 0 radical (unpaired) electrons. The fraction of sp³-hybridized carbons (Fsp3) is 0.588. The molecule has 4 atom stereocenters. The molecule has 3 aliphatic heterocycles. The minimum Gasteiger partial charge on any atom is -0.469 e. The van der Waals surface area contributed by atoms with Crippen LogP contribution in [0.4, 0.5) is 0 Å². The van der Waals surface area contributed by atoms with Crippen LogP contribution in [0.3, 0.4) is 0 Å². The predicted octanol–water partition coefficient (Wildman–Crippen LogP) is 3.75. The molecule has 248 valence electrons. The van der Waals surface area contributed by atoms with Crippen molar-refractivity contribution in [3.63, 3.8) is 0 Å². The summed E-state index contributed by atoms with van der Waals surface area (Å²) in [5, 5.41) is 21.2. The number of piperidine rings is 1. The highest BCUT2D eigenvalue weighted by atomic mass is 32.1. The molecule has 3 saturated heterocycles. The van der Waals surface area contributed by atoms with Crippen LogP contribution in [-0.4, -0.2) is 94.4 Å². The summed E-state index contributed by atoms with van der Waals surface area (Å²) < 4.78 is 11.8. The van der Waals surface area contributed by atoms with Crippen molar-refractivity contribution in [2.24, 2.45) is 11.8 Å². The highest BCUT2D eigenvalue weighted by molar-refractivity contribution is 7.13. The molecule has 0 unspecified atom stereocenters. The first-order valence-corrected chi connectivity index (χ1v) is 17.4. The first kappa shape index (κ1) is 32.6. The first-order valence-electron chi connectivity index (χ1n) is 16.5. The SMILES string of the molecule is Cc1ncsc1-c1ccc([C@H](C)NC(=O)[C@@H]2C[C@@H](O)CN2C(=O)[C@H](c2cc(OC3CN(CC4CCNCC4)C3)no2)C(C)C)cc1. The lowest BCUT2D eigenvalue weighted by molar-refractivity contribution is -0.141. The molecule has 3 aromatic rings. The summed E-state index contributed by atoms with van der Waals surface area (Å²) in [6, 6.07) is 8.71. The number of β-amino-alcohol motifs (C(OH)–C–C–N with tert-alkyl or cyclic N) is 1. The summed E-state index contributed by atoms with van der Waals surface area (Å²) in [6.45, 7) is 12.9. The van der Waals surface area contributed by atoms with Crippen LogP contribution in [0, 0.1) is 18.8 Å². The van der Waals surface area contributed by atoms with Gasteiger partial charge in [0.1, 0.15) is 18.1 Å². The van der Waals surface area contributed by atoms with Gasteiger partial charge in [-0.05, 0) is 67.9 Å². The minimum atomic E-state index is -0.787. The van der Waals surface area contributed by atoms with E-state index in [4.69, 9.17) is 9.26 Å². The summed E-state index contributed by atoms with van der Waals surface area (Å²) in [4.78, 5) is 36.9. The number of carbonyl (C=O) groups excluding carboxylic acids is 2. The third-order valence-electron chi connectivity index (χ3n) is 9.57. The number of aliphatic hydroxyl groups excluding tert-OH is 1. The normalized spacial score (nSPS) is 22.5. The Morgan fingerprint density at radius 1 is 1.15 bits per heavy atom. The molecule has 1 aromatic carbocycles. The number of aromatic nitrogens is 2. The molecule has 2 amide bonds. The van der Waals surface area contributed by atoms with E-state index in [9.17, 15) is 14.7 Å². The molecule has 12 heteroatoms. The van der Waals surface area contributed by atoms with Crippen molar-refractivity contribution in [2.75, 3.05) is 39.3 Å². The van der Waals surface area contributed by atoms with E-state index in [0.29, 0.717) is 11.6 Å². The largest absolute Gasteiger partial charge is 0.469 e.